The van der Waals surface area contributed by atoms with Crippen molar-refractivity contribution in [2.75, 3.05) is 13.7 Å². The zero-order valence-corrected chi connectivity index (χ0v) is 65.3. The molecule has 39 heteroatoms. The molecule has 7 heterocycles. The number of aliphatic hydroxyl groups excluding tert-OH is 6. The van der Waals surface area contributed by atoms with Gasteiger partial charge >= 0.3 is 18.2 Å². The number of phenolic OH excluding ortho intramolecular Hbond substituents is 3. The monoisotopic (exact) mass is 1650 g/mol. The number of hydrogen-bond acceptors (Lipinski definition) is 27. The van der Waals surface area contributed by atoms with Gasteiger partial charge in [0.15, 0.2) is 29.9 Å². The summed E-state index contributed by atoms with van der Waals surface area (Å²) in [4.78, 5) is 147. The Hall–Kier alpha value is -10.6. The Morgan fingerprint density at radius 2 is 1.27 bits per heavy atom. The molecule has 9 amide bonds. The SMILES string of the molecule is CC(C)C[C@H](C(=O)N[C@H]1C(=O)N[C@@H](CC(N)=O)C(=O)N[C@H]2C(=O)N[C@H]3C(=O)N[C@@H](C(=O)N[C@H](C(=O)O)c4cc(O)cc(O)c4-c4cc3ccc4O)[C@H](O)c3ccc(c(Cl)c3)Oc3cc2cc(c3OC2OC(CO)C(O)C(O)C2OC2CC(C)(NC(=O)OC(C)(C)C)C(O)C(C)O2)Oc2ccc(cc2Cl)[C@H]1O)N(C)C(=O)OC(C)(C)C. The zero-order chi connectivity index (χ0) is 84.7. The van der Waals surface area contributed by atoms with Crippen LogP contribution in [0.2, 0.25) is 10.0 Å². The first-order valence-electron chi connectivity index (χ1n) is 36.2. The highest BCUT2D eigenvalue weighted by molar-refractivity contribution is 6.32. The molecule has 7 aliphatic rings. The lowest BCUT2D eigenvalue weighted by Crippen LogP contribution is -2.66. The van der Waals surface area contributed by atoms with Crippen molar-refractivity contribution in [1.29, 1.82) is 0 Å². The number of carbonyl (C=O) groups is 10. The molecule has 2 fully saturated rings. The van der Waals surface area contributed by atoms with Crippen molar-refractivity contribution in [3.8, 4) is 57.1 Å². The Balaban J connectivity index is 1.22. The van der Waals surface area contributed by atoms with Gasteiger partial charge in [-0.1, -0.05) is 55.2 Å². The lowest BCUT2D eigenvalue weighted by Gasteiger charge is -2.48. The minimum atomic E-state index is -2.43. The van der Waals surface area contributed by atoms with Gasteiger partial charge in [-0.15, -0.1) is 0 Å². The van der Waals surface area contributed by atoms with Crippen LogP contribution in [0.15, 0.2) is 78.9 Å². The van der Waals surface area contributed by atoms with Gasteiger partial charge < -0.3 is 132 Å². The molecule has 37 nitrogen and oxygen atoms in total. The molecule has 12 rings (SSSR count). The number of nitrogens with one attached hydrogen (secondary N) is 7. The summed E-state index contributed by atoms with van der Waals surface area (Å²) in [6.07, 6.45) is -22.4. The number of primary amides is 1. The maximum atomic E-state index is 16.2. The topological polar surface area (TPSA) is 560 Å². The number of halogens is 2. The maximum Gasteiger partial charge on any atom is 0.410 e. The van der Waals surface area contributed by atoms with Crippen LogP contribution in [0.1, 0.15) is 147 Å². The average Bonchev–Trinajstić information content (AvgIpc) is 0.769. The molecule has 0 radical (unpaired) electrons. The number of aliphatic hydroxyl groups is 6. The molecule has 0 aromatic heterocycles. The van der Waals surface area contributed by atoms with Crippen molar-refractivity contribution in [3.05, 3.63) is 117 Å². The van der Waals surface area contributed by atoms with Crippen LogP contribution in [0, 0.1) is 5.92 Å². The van der Waals surface area contributed by atoms with Gasteiger partial charge in [-0.2, -0.15) is 0 Å². The third-order valence-electron chi connectivity index (χ3n) is 19.3. The summed E-state index contributed by atoms with van der Waals surface area (Å²) < 4.78 is 49.9. The molecule has 115 heavy (non-hydrogen) atoms. The highest BCUT2D eigenvalue weighted by atomic mass is 35.5. The van der Waals surface area contributed by atoms with Gasteiger partial charge in [0.1, 0.15) is 113 Å². The number of ether oxygens (including phenoxy) is 8. The van der Waals surface area contributed by atoms with Crippen molar-refractivity contribution in [2.24, 2.45) is 11.7 Å². The van der Waals surface area contributed by atoms with Gasteiger partial charge in [0, 0.05) is 36.2 Å². The molecule has 9 unspecified atom stereocenters. The number of carboxylic acid groups (broad SMARTS) is 1. The van der Waals surface area contributed by atoms with Crippen LogP contribution in [-0.4, -0.2) is 219 Å². The van der Waals surface area contributed by atoms with Crippen molar-refractivity contribution in [3.63, 3.8) is 0 Å². The summed E-state index contributed by atoms with van der Waals surface area (Å²) in [5, 5.41) is 132. The molecular weight excluding hydrogens is 1560 g/mol. The molecular formula is C76H91Cl2N9O28. The second kappa shape index (κ2) is 34.5. The Labute approximate surface area is 666 Å². The number of alkyl carbamates (subject to hydrolysis) is 1. The van der Waals surface area contributed by atoms with Crippen molar-refractivity contribution in [1.82, 2.24) is 42.1 Å². The Morgan fingerprint density at radius 1 is 0.687 bits per heavy atom. The summed E-state index contributed by atoms with van der Waals surface area (Å²) in [7, 11) is 1.25. The van der Waals surface area contributed by atoms with E-state index in [2.05, 4.69) is 37.2 Å². The fourth-order valence-electron chi connectivity index (χ4n) is 13.6. The summed E-state index contributed by atoms with van der Waals surface area (Å²) >= 11 is 14.3. The predicted octanol–water partition coefficient (Wildman–Crippen LogP) is 3.32. The molecule has 0 spiro atoms. The number of amides is 9. The standard InChI is InChI=1S/C76H91Cl2N9O28/c1-29(2)18-41(87(11)73(107)115-75(7,8)9)65(99)84-55-57(93)32-13-16-44(38(77)20-32)109-46-22-34-23-47(61(46)113-71-62(60(96)59(95)48(28-88)111-71)112-50-27-76(10,63(97)30(3)108-50)86-72(106)114-74(4,5)6)110-45-17-14-33(21-39(45)78)58(94)56-69(103)83-54(70(104)105)37-24-35(89)25-43(91)51(37)36-19-31(12-15-42(36)90)52(66(100)85-56)82-67(101)53(34)81-64(98)40(26-49(79)92)80-68(55)102/h12-17,19-25,29-30,40-41,48,50,52-60,62-63,71,88-91,93-97H,18,26-28H2,1-11H3,(H2,79,92)(H,80,102)(H,81,98)(H,82,101)(H,83,103)(H,84,99)(H,85,100)(H,86,106)(H,104,105)/t30?,40-,41+,48?,50?,52+,53+,54-,55+,56+,57+,58+,59?,60?,62?,63?,71?,76?/m0/s1. The van der Waals surface area contributed by atoms with Crippen LogP contribution >= 0.6 is 23.2 Å². The van der Waals surface area contributed by atoms with Crippen LogP contribution in [-0.2, 0) is 62.0 Å². The summed E-state index contributed by atoms with van der Waals surface area (Å²) in [5.41, 5.74) is -1.11. The molecule has 2 saturated heterocycles. The number of rotatable bonds is 14. The number of fused-ring (bicyclic) bond motifs is 15. The van der Waals surface area contributed by atoms with E-state index in [1.165, 1.54) is 20.9 Å². The molecule has 18 atom stereocenters. The van der Waals surface area contributed by atoms with Crippen LogP contribution < -0.4 is 57.2 Å². The van der Waals surface area contributed by atoms with Gasteiger partial charge in [0.05, 0.1) is 34.7 Å². The molecule has 5 aromatic carbocycles. The number of benzene rings is 5. The van der Waals surface area contributed by atoms with E-state index in [-0.39, 0.29) is 23.5 Å². The van der Waals surface area contributed by atoms with Crippen LogP contribution in [0.3, 0.4) is 0 Å². The Morgan fingerprint density at radius 3 is 1.84 bits per heavy atom. The normalized spacial score (nSPS) is 27.4. The van der Waals surface area contributed by atoms with Gasteiger partial charge in [-0.05, 0) is 145 Å². The molecule has 622 valence electrons. The summed E-state index contributed by atoms with van der Waals surface area (Å²) in [5.74, 6) is -17.3. The molecule has 0 saturated carbocycles. The third-order valence-corrected chi connectivity index (χ3v) is 19.9. The number of nitrogens with two attached hydrogens (primary N) is 1. The van der Waals surface area contributed by atoms with E-state index in [9.17, 15) is 79.8 Å². The van der Waals surface area contributed by atoms with Crippen molar-refractivity contribution < 1.29 is 137 Å². The molecule has 0 aliphatic carbocycles. The second-order valence-corrected chi connectivity index (χ2v) is 31.8. The van der Waals surface area contributed by atoms with Crippen molar-refractivity contribution in [2.45, 2.75) is 209 Å². The van der Waals surface area contributed by atoms with E-state index in [0.29, 0.717) is 0 Å². The lowest BCUT2D eigenvalue weighted by atomic mass is 9.85. The van der Waals surface area contributed by atoms with E-state index in [4.69, 9.17) is 66.8 Å². The number of phenols is 3. The van der Waals surface area contributed by atoms with E-state index < -0.39 is 283 Å². The highest BCUT2D eigenvalue weighted by Gasteiger charge is 2.53. The number of nitrogens with zero attached hydrogens (tertiary/aromatic N) is 1. The first-order valence-corrected chi connectivity index (χ1v) is 37.0. The van der Waals surface area contributed by atoms with E-state index >= 15 is 19.2 Å². The van der Waals surface area contributed by atoms with Gasteiger partial charge in [0.2, 0.25) is 53.4 Å². The number of hydrogen-bond donors (Lipinski definition) is 18. The fourth-order valence-corrected chi connectivity index (χ4v) is 14.1. The molecule has 11 bridgehead atoms. The minimum absolute atomic E-state index is 0.0820. The van der Waals surface area contributed by atoms with E-state index in [0.717, 1.165) is 83.8 Å². The number of likely N-dealkylation sites (N-methyl/N-ethyl adjacent to an activating group) is 1. The van der Waals surface area contributed by atoms with Gasteiger partial charge in [-0.25, -0.2) is 14.4 Å². The Bertz CT molecular complexity index is 4620. The van der Waals surface area contributed by atoms with Gasteiger partial charge in [-0.3, -0.25) is 38.5 Å². The molecule has 19 N–H and O–H groups in total. The third kappa shape index (κ3) is 19.7. The molecule has 5 aromatic rings. The molecule has 7 aliphatic heterocycles. The first kappa shape index (κ1) is 86.8. The zero-order valence-electron chi connectivity index (χ0n) is 63.8. The largest absolute Gasteiger partial charge is 0.508 e. The predicted molar refractivity (Wildman–Crippen MR) is 399 cm³/mol. The minimum Gasteiger partial charge on any atom is -0.508 e. The fraction of sp³-hybridized carbons (Fsp3) is 0.474. The van der Waals surface area contributed by atoms with Crippen LogP contribution in [0.25, 0.3) is 11.1 Å². The highest BCUT2D eigenvalue weighted by Crippen LogP contribution is 2.50. The lowest BCUT2D eigenvalue weighted by molar-refractivity contribution is -0.334. The Kier molecular flexibility index (Phi) is 26.0. The quantitative estimate of drug-likeness (QED) is 0.0758. The summed E-state index contributed by atoms with van der Waals surface area (Å²) in [6.45, 7) is 14.8. The number of carboxylic acids is 1. The smallest absolute Gasteiger partial charge is 0.410 e. The number of aliphatic carboxylic acids is 1. The van der Waals surface area contributed by atoms with E-state index in [1.807, 2.05) is 0 Å². The maximum absolute atomic E-state index is 16.2. The van der Waals surface area contributed by atoms with Crippen LogP contribution in [0.5, 0.6) is 46.0 Å². The number of carbonyl (C=O) groups excluding carboxylic acids is 9. The summed E-state index contributed by atoms with van der Waals surface area (Å²) in [6, 6.07) is -2.13. The first-order chi connectivity index (χ1) is 53.7. The van der Waals surface area contributed by atoms with Crippen LogP contribution in [0.4, 0.5) is 9.59 Å². The second-order valence-electron chi connectivity index (χ2n) is 31.0. The van der Waals surface area contributed by atoms with Crippen molar-refractivity contribution >= 4 is 82.7 Å². The average molecular weight is 1650 g/mol. The number of aromatic hydroxyl groups is 3. The van der Waals surface area contributed by atoms with Gasteiger partial charge in [0.25, 0.3) is 0 Å². The van der Waals surface area contributed by atoms with E-state index in [1.54, 1.807) is 55.4 Å².